The lowest BCUT2D eigenvalue weighted by Gasteiger charge is -2.20. The van der Waals surface area contributed by atoms with Crippen molar-refractivity contribution in [2.75, 3.05) is 11.9 Å². The minimum absolute atomic E-state index is 0.354. The summed E-state index contributed by atoms with van der Waals surface area (Å²) in [5, 5.41) is 0. The number of hydrogen-bond acceptors (Lipinski definition) is 1. The maximum Gasteiger partial charge on any atom is 0.0408 e. The van der Waals surface area contributed by atoms with Gasteiger partial charge in [0.25, 0.3) is 0 Å². The van der Waals surface area contributed by atoms with Crippen molar-refractivity contribution < 1.29 is 5.48 Å². The first-order chi connectivity index (χ1) is 11.3. The topological polar surface area (TPSA) is 3.24 Å². The summed E-state index contributed by atoms with van der Waals surface area (Å²) in [6.07, 6.45) is 4.17. The van der Waals surface area contributed by atoms with Crippen molar-refractivity contribution in [2.45, 2.75) is 38.4 Å². The zero-order chi connectivity index (χ0) is 17.4. The number of hydrogen-bond donors (Lipinski definition) is 0. The fourth-order valence-corrected chi connectivity index (χ4v) is 2.85. The minimum Gasteiger partial charge on any atom is -0.345 e. The summed E-state index contributed by atoms with van der Waals surface area (Å²) >= 11 is 0. The average Bonchev–Trinajstić information content (AvgIpc) is 3.02. The molecule has 0 atom stereocenters. The van der Waals surface area contributed by atoms with Crippen LogP contribution in [-0.4, -0.2) is 7.05 Å². The summed E-state index contributed by atoms with van der Waals surface area (Å²) in [5.41, 5.74) is 3.42. The quantitative estimate of drug-likeness (QED) is 0.719. The fraction of sp³-hybridized carbons (Fsp3) is 0.368. The molecular weight excluding hydrogens is 242 g/mol. The summed E-state index contributed by atoms with van der Waals surface area (Å²) in [5.74, 6) is -0.418. The van der Waals surface area contributed by atoms with Crippen LogP contribution in [0.25, 0.3) is 0 Å². The van der Waals surface area contributed by atoms with Gasteiger partial charge in [0.05, 0.1) is 0 Å². The summed E-state index contributed by atoms with van der Waals surface area (Å²) in [4.78, 5) is 2.03. The molecule has 0 saturated heterocycles. The van der Waals surface area contributed by atoms with Crippen LogP contribution in [0, 0.1) is 6.85 Å². The molecule has 0 heterocycles. The van der Waals surface area contributed by atoms with Gasteiger partial charge in [-0.2, -0.15) is 0 Å². The molecule has 1 aliphatic carbocycles. The van der Waals surface area contributed by atoms with Crippen molar-refractivity contribution in [3.63, 3.8) is 0 Å². The van der Waals surface area contributed by atoms with Crippen LogP contribution < -0.4 is 4.90 Å². The highest BCUT2D eigenvalue weighted by molar-refractivity contribution is 5.62. The molecule has 1 heteroatoms. The van der Waals surface area contributed by atoms with Crippen LogP contribution in [0.4, 0.5) is 11.4 Å². The first-order valence-electron chi connectivity index (χ1n) is 9.24. The molecule has 1 nitrogen and oxygen atoms in total. The molecule has 0 aromatic heterocycles. The zero-order valence-electron chi connectivity index (χ0n) is 15.9. The molecule has 1 aliphatic rings. The average molecular weight is 269 g/mol. The number of benzene rings is 2. The molecule has 0 radical (unpaired) electrons. The molecule has 0 unspecified atom stereocenters. The van der Waals surface area contributed by atoms with Gasteiger partial charge >= 0.3 is 0 Å². The lowest BCUT2D eigenvalue weighted by atomic mass is 9.97. The Bertz CT molecular complexity index is 683. The fourth-order valence-electron chi connectivity index (χ4n) is 2.85. The van der Waals surface area contributed by atoms with Crippen molar-refractivity contribution in [1.82, 2.24) is 0 Å². The smallest absolute Gasteiger partial charge is 0.0408 e. The number of aryl methyl sites for hydroxylation is 1. The third-order valence-corrected chi connectivity index (χ3v) is 4.12. The molecule has 3 rings (SSSR count). The first kappa shape index (κ1) is 9.23. The van der Waals surface area contributed by atoms with Gasteiger partial charge in [-0.15, -0.1) is 0 Å². The van der Waals surface area contributed by atoms with Crippen molar-refractivity contribution in [3.8, 4) is 0 Å². The Labute approximate surface area is 127 Å². The van der Waals surface area contributed by atoms with Crippen LogP contribution in [0.5, 0.6) is 0 Å². The van der Waals surface area contributed by atoms with E-state index in [2.05, 4.69) is 12.1 Å². The van der Waals surface area contributed by atoms with Gasteiger partial charge in [-0.1, -0.05) is 42.7 Å². The molecule has 1 fully saturated rings. The lowest BCUT2D eigenvalue weighted by Crippen LogP contribution is -2.09. The van der Waals surface area contributed by atoms with E-state index in [1.165, 1.54) is 0 Å². The van der Waals surface area contributed by atoms with E-state index in [4.69, 9.17) is 5.48 Å². The first-order valence-corrected chi connectivity index (χ1v) is 7.24. The van der Waals surface area contributed by atoms with Gasteiger partial charge in [0, 0.05) is 23.9 Å². The Morgan fingerprint density at radius 2 is 1.50 bits per heavy atom. The molecule has 20 heavy (non-hydrogen) atoms. The molecule has 0 amide bonds. The third-order valence-electron chi connectivity index (χ3n) is 4.12. The maximum atomic E-state index is 8.58. The predicted octanol–water partition coefficient (Wildman–Crippen LogP) is 5.42. The summed E-state index contributed by atoms with van der Waals surface area (Å²) < 4.78 is 30.9. The van der Waals surface area contributed by atoms with Gasteiger partial charge in [-0.05, 0) is 55.4 Å². The normalized spacial score (nSPS) is 20.6. The Hall–Kier alpha value is -1.76. The Balaban J connectivity index is 1.79. The van der Waals surface area contributed by atoms with E-state index in [0.717, 1.165) is 42.6 Å². The van der Waals surface area contributed by atoms with Gasteiger partial charge in [-0.25, -0.2) is 0 Å². The molecular formula is C19H23N. The Morgan fingerprint density at radius 3 is 2.05 bits per heavy atom. The molecule has 0 N–H and O–H groups in total. The lowest BCUT2D eigenvalue weighted by molar-refractivity contribution is 0.723. The van der Waals surface area contributed by atoms with Crippen molar-refractivity contribution in [2.24, 2.45) is 0 Å². The van der Waals surface area contributed by atoms with Crippen molar-refractivity contribution in [3.05, 3.63) is 59.7 Å². The molecule has 104 valence electrons. The van der Waals surface area contributed by atoms with Crippen LogP contribution in [0.15, 0.2) is 48.5 Å². The van der Waals surface area contributed by atoms with Gasteiger partial charge in [0.2, 0.25) is 0 Å². The molecule has 2 aromatic carbocycles. The predicted molar refractivity (Wildman–Crippen MR) is 86.9 cm³/mol. The molecule has 0 aliphatic heterocycles. The van der Waals surface area contributed by atoms with E-state index in [1.54, 1.807) is 12.1 Å². The highest BCUT2D eigenvalue weighted by atomic mass is 15.1. The van der Waals surface area contributed by atoms with Crippen LogP contribution in [-0.2, 0) is 0 Å². The maximum absolute atomic E-state index is 8.58. The van der Waals surface area contributed by atoms with E-state index in [0.29, 0.717) is 5.56 Å². The van der Waals surface area contributed by atoms with Gasteiger partial charge < -0.3 is 4.90 Å². The Kier molecular flexibility index (Phi) is 2.63. The van der Waals surface area contributed by atoms with Gasteiger partial charge in [0.1, 0.15) is 0 Å². The molecule has 2 aromatic rings. The second-order valence-electron chi connectivity index (χ2n) is 5.46. The summed E-state index contributed by atoms with van der Waals surface area (Å²) in [6, 6.07) is 15.2. The number of anilines is 2. The highest BCUT2D eigenvalue weighted by Crippen LogP contribution is 2.35. The second-order valence-corrected chi connectivity index (χ2v) is 5.46. The van der Waals surface area contributed by atoms with Crippen molar-refractivity contribution in [1.29, 1.82) is 0 Å². The van der Waals surface area contributed by atoms with E-state index >= 15 is 0 Å². The summed E-state index contributed by atoms with van der Waals surface area (Å²) in [6.45, 7) is -2.07. The van der Waals surface area contributed by atoms with Crippen LogP contribution in [0.1, 0.15) is 48.2 Å². The molecule has 1 saturated carbocycles. The van der Waals surface area contributed by atoms with E-state index < -0.39 is 12.7 Å². The van der Waals surface area contributed by atoms with Gasteiger partial charge in [-0.3, -0.25) is 0 Å². The van der Waals surface area contributed by atoms with E-state index in [1.807, 2.05) is 36.2 Å². The minimum atomic E-state index is -2.07. The third kappa shape index (κ3) is 2.72. The zero-order valence-corrected chi connectivity index (χ0v) is 11.9. The van der Waals surface area contributed by atoms with Crippen LogP contribution in [0.2, 0.25) is 0 Å². The molecule has 0 bridgehead atoms. The number of nitrogens with zero attached hydrogens (tertiary/aromatic N) is 1. The summed E-state index contributed by atoms with van der Waals surface area (Å²) in [7, 11) is 1.96. The monoisotopic (exact) mass is 269 g/mol. The number of rotatable bonds is 3. The highest BCUT2D eigenvalue weighted by Gasteiger charge is 2.16. The SMILES string of the molecule is [2H]C([2H])([2H])c1ccc(N(C)c2ccc(C3([2H])CCCC3)cc2)cc1. The van der Waals surface area contributed by atoms with Crippen LogP contribution >= 0.6 is 0 Å². The van der Waals surface area contributed by atoms with E-state index in [-0.39, 0.29) is 0 Å². The van der Waals surface area contributed by atoms with Crippen molar-refractivity contribution >= 4 is 11.4 Å². The Morgan fingerprint density at radius 1 is 0.950 bits per heavy atom. The van der Waals surface area contributed by atoms with Gasteiger partial charge in [0.15, 0.2) is 0 Å². The van der Waals surface area contributed by atoms with Crippen LogP contribution in [0.3, 0.4) is 0 Å². The largest absolute Gasteiger partial charge is 0.345 e. The standard InChI is InChI=1S/C19H23N/c1-15-7-11-18(12-8-15)20(2)19-13-9-17(10-14-19)16-5-3-4-6-16/h7-14,16H,3-6H2,1-2H3/i1D3,16D. The molecule has 0 spiro atoms. The second kappa shape index (κ2) is 5.70. The van der Waals surface area contributed by atoms with E-state index in [9.17, 15) is 0 Å².